The maximum Gasteiger partial charge on any atom is 0.303 e. The van der Waals surface area contributed by atoms with E-state index in [9.17, 15) is 4.79 Å². The van der Waals surface area contributed by atoms with Crippen LogP contribution in [0.15, 0.2) is 71.3 Å². The summed E-state index contributed by atoms with van der Waals surface area (Å²) in [4.78, 5) is 10.7. The molecule has 0 aliphatic rings. The van der Waals surface area contributed by atoms with Gasteiger partial charge in [0.2, 0.25) is 0 Å². The van der Waals surface area contributed by atoms with E-state index in [0.717, 1.165) is 70.5 Å². The summed E-state index contributed by atoms with van der Waals surface area (Å²) in [7, 11) is 0. The maximum absolute atomic E-state index is 10.7. The van der Waals surface area contributed by atoms with E-state index in [1.165, 1.54) is 0 Å². The van der Waals surface area contributed by atoms with E-state index >= 15 is 0 Å². The van der Waals surface area contributed by atoms with Crippen LogP contribution in [-0.2, 0) is 17.6 Å². The molecule has 0 aliphatic heterocycles. The molecule has 0 spiro atoms. The lowest BCUT2D eigenvalue weighted by atomic mass is 10.0. The standard InChI is InChI=1S/C29H31NO5/c1-2-8-24-26(17-16-25-28(30-35-29(24)25)22-9-4-3-5-10-22)34-20-7-6-19-33-23-14-11-21(12-15-23)13-18-27(31)32/h3-5,9-12,14-17H,2,6-8,13,18-20H2,1H3,(H,31,32). The predicted octanol–water partition coefficient (Wildman–Crippen LogP) is 6.70. The summed E-state index contributed by atoms with van der Waals surface area (Å²) in [5.74, 6) is 0.861. The normalized spacial score (nSPS) is 11.0. The molecule has 0 unspecified atom stereocenters. The molecule has 0 bridgehead atoms. The van der Waals surface area contributed by atoms with Gasteiger partial charge < -0.3 is 19.1 Å². The van der Waals surface area contributed by atoms with Crippen LogP contribution >= 0.6 is 0 Å². The molecule has 1 aromatic heterocycles. The summed E-state index contributed by atoms with van der Waals surface area (Å²) >= 11 is 0. The molecule has 0 saturated carbocycles. The van der Waals surface area contributed by atoms with Crippen LogP contribution in [0.3, 0.4) is 0 Å². The van der Waals surface area contributed by atoms with Gasteiger partial charge in [0.25, 0.3) is 0 Å². The first kappa shape index (κ1) is 24.3. The van der Waals surface area contributed by atoms with Crippen molar-refractivity contribution in [1.29, 1.82) is 0 Å². The van der Waals surface area contributed by atoms with Crippen LogP contribution in [0.4, 0.5) is 0 Å². The number of hydrogen-bond acceptors (Lipinski definition) is 5. The number of hydrogen-bond donors (Lipinski definition) is 1. The van der Waals surface area contributed by atoms with Crippen LogP contribution in [0, 0.1) is 0 Å². The second kappa shape index (κ2) is 12.1. The van der Waals surface area contributed by atoms with Gasteiger partial charge in [-0.1, -0.05) is 61.0 Å². The van der Waals surface area contributed by atoms with Gasteiger partial charge in [0.1, 0.15) is 17.2 Å². The second-order valence-electron chi connectivity index (χ2n) is 8.51. The van der Waals surface area contributed by atoms with E-state index < -0.39 is 5.97 Å². The molecule has 0 saturated heterocycles. The molecule has 6 nitrogen and oxygen atoms in total. The molecule has 0 amide bonds. The van der Waals surface area contributed by atoms with Crippen LogP contribution < -0.4 is 9.47 Å². The van der Waals surface area contributed by atoms with Gasteiger partial charge >= 0.3 is 5.97 Å². The Morgan fingerprint density at radius 1 is 0.914 bits per heavy atom. The van der Waals surface area contributed by atoms with Gasteiger partial charge in [-0.2, -0.15) is 0 Å². The number of carboxylic acids is 1. The molecule has 1 N–H and O–H groups in total. The largest absolute Gasteiger partial charge is 0.494 e. The third kappa shape index (κ3) is 6.41. The van der Waals surface area contributed by atoms with Crippen LogP contribution in [-0.4, -0.2) is 29.4 Å². The number of fused-ring (bicyclic) bond motifs is 1. The van der Waals surface area contributed by atoms with Crippen molar-refractivity contribution in [3.05, 3.63) is 77.9 Å². The van der Waals surface area contributed by atoms with Gasteiger partial charge in [0, 0.05) is 17.5 Å². The lowest BCUT2D eigenvalue weighted by Gasteiger charge is -2.12. The number of aryl methyl sites for hydroxylation is 2. The van der Waals surface area contributed by atoms with Gasteiger partial charge in [-0.15, -0.1) is 0 Å². The summed E-state index contributed by atoms with van der Waals surface area (Å²) in [6.45, 7) is 3.34. The highest BCUT2D eigenvalue weighted by atomic mass is 16.5. The molecule has 0 aliphatic carbocycles. The van der Waals surface area contributed by atoms with Gasteiger partial charge in [-0.25, -0.2) is 0 Å². The topological polar surface area (TPSA) is 81.8 Å². The first-order chi connectivity index (χ1) is 17.2. The number of aromatic nitrogens is 1. The Kier molecular flexibility index (Phi) is 8.39. The number of rotatable bonds is 13. The Morgan fingerprint density at radius 3 is 2.37 bits per heavy atom. The molecule has 4 rings (SSSR count). The fourth-order valence-corrected chi connectivity index (χ4v) is 4.05. The van der Waals surface area contributed by atoms with E-state index in [4.69, 9.17) is 19.1 Å². The average molecular weight is 474 g/mol. The summed E-state index contributed by atoms with van der Waals surface area (Å²) in [6.07, 6.45) is 4.25. The van der Waals surface area contributed by atoms with Gasteiger partial charge in [0.05, 0.1) is 18.6 Å². The molecule has 3 aromatic carbocycles. The van der Waals surface area contributed by atoms with E-state index in [-0.39, 0.29) is 6.42 Å². The van der Waals surface area contributed by atoms with E-state index in [1.54, 1.807) is 0 Å². The van der Waals surface area contributed by atoms with Crippen molar-refractivity contribution in [1.82, 2.24) is 5.16 Å². The zero-order valence-electron chi connectivity index (χ0n) is 20.0. The Hall–Kier alpha value is -3.80. The minimum Gasteiger partial charge on any atom is -0.494 e. The van der Waals surface area contributed by atoms with Crippen molar-refractivity contribution in [3.8, 4) is 22.8 Å². The zero-order valence-corrected chi connectivity index (χ0v) is 20.0. The Morgan fingerprint density at radius 2 is 1.66 bits per heavy atom. The first-order valence-corrected chi connectivity index (χ1v) is 12.2. The number of ether oxygens (including phenoxy) is 2. The SMILES string of the molecule is CCCc1c(OCCCCOc2ccc(CCC(=O)O)cc2)ccc2c(-c3ccccc3)noc12. The number of nitrogens with zero attached hydrogens (tertiary/aromatic N) is 1. The van der Waals surface area contributed by atoms with Gasteiger partial charge in [-0.05, 0) is 55.5 Å². The number of benzene rings is 3. The molecule has 4 aromatic rings. The second-order valence-corrected chi connectivity index (χ2v) is 8.51. The third-order valence-electron chi connectivity index (χ3n) is 5.86. The van der Waals surface area contributed by atoms with Crippen LogP contribution in [0.2, 0.25) is 0 Å². The highest BCUT2D eigenvalue weighted by Gasteiger charge is 2.17. The molecule has 1 heterocycles. The average Bonchev–Trinajstić information content (AvgIpc) is 3.31. The molecule has 0 fully saturated rings. The summed E-state index contributed by atoms with van der Waals surface area (Å²) in [6, 6.07) is 21.7. The smallest absolute Gasteiger partial charge is 0.303 e. The summed E-state index contributed by atoms with van der Waals surface area (Å²) in [5, 5.41) is 14.1. The molecular formula is C29H31NO5. The lowest BCUT2D eigenvalue weighted by molar-refractivity contribution is -0.136. The fraction of sp³-hybridized carbons (Fsp3) is 0.310. The van der Waals surface area contributed by atoms with E-state index in [2.05, 4.69) is 12.1 Å². The summed E-state index contributed by atoms with van der Waals surface area (Å²) < 4.78 is 17.7. The minimum absolute atomic E-state index is 0.137. The van der Waals surface area contributed by atoms with Crippen LogP contribution in [0.25, 0.3) is 22.2 Å². The first-order valence-electron chi connectivity index (χ1n) is 12.2. The zero-order chi connectivity index (χ0) is 24.5. The van der Waals surface area contributed by atoms with E-state index in [1.807, 2.05) is 66.7 Å². The molecule has 0 atom stereocenters. The van der Waals surface area contributed by atoms with Crippen LogP contribution in [0.1, 0.15) is 43.7 Å². The molecule has 35 heavy (non-hydrogen) atoms. The maximum atomic E-state index is 10.7. The van der Waals surface area contributed by atoms with Crippen molar-refractivity contribution in [3.63, 3.8) is 0 Å². The predicted molar refractivity (Wildman–Crippen MR) is 136 cm³/mol. The van der Waals surface area contributed by atoms with Crippen molar-refractivity contribution in [2.24, 2.45) is 0 Å². The molecular weight excluding hydrogens is 442 g/mol. The van der Waals surface area contributed by atoms with Crippen molar-refractivity contribution in [2.75, 3.05) is 13.2 Å². The quantitative estimate of drug-likeness (QED) is 0.218. The molecule has 0 radical (unpaired) electrons. The lowest BCUT2D eigenvalue weighted by Crippen LogP contribution is -2.04. The van der Waals surface area contributed by atoms with Crippen molar-refractivity contribution < 1.29 is 23.9 Å². The Labute approximate surface area is 205 Å². The minimum atomic E-state index is -0.785. The monoisotopic (exact) mass is 473 g/mol. The van der Waals surface area contributed by atoms with Crippen LogP contribution in [0.5, 0.6) is 11.5 Å². The Balaban J connectivity index is 1.29. The molecule has 6 heteroatoms. The highest BCUT2D eigenvalue weighted by Crippen LogP contribution is 2.35. The van der Waals surface area contributed by atoms with E-state index in [0.29, 0.717) is 19.6 Å². The number of carbonyl (C=O) groups is 1. The number of aliphatic carboxylic acids is 1. The highest BCUT2D eigenvalue weighted by molar-refractivity contribution is 5.94. The van der Waals surface area contributed by atoms with Crippen molar-refractivity contribution >= 4 is 16.9 Å². The van der Waals surface area contributed by atoms with Gasteiger partial charge in [0.15, 0.2) is 5.58 Å². The number of unbranched alkanes of at least 4 members (excludes halogenated alkanes) is 1. The number of carboxylic acid groups (broad SMARTS) is 1. The summed E-state index contributed by atoms with van der Waals surface area (Å²) in [5.41, 5.74) is 4.77. The fourth-order valence-electron chi connectivity index (χ4n) is 4.05. The molecule has 182 valence electrons. The van der Waals surface area contributed by atoms with Gasteiger partial charge in [-0.3, -0.25) is 4.79 Å². The third-order valence-corrected chi connectivity index (χ3v) is 5.86. The van der Waals surface area contributed by atoms with Crippen molar-refractivity contribution in [2.45, 2.75) is 45.4 Å². The Bertz CT molecular complexity index is 1230.